The number of halogens is 1. The van der Waals surface area contributed by atoms with Gasteiger partial charge < -0.3 is 4.90 Å². The molecule has 0 bridgehead atoms. The van der Waals surface area contributed by atoms with Gasteiger partial charge in [-0.25, -0.2) is 0 Å². The molecule has 112 valence electrons. The molecule has 0 spiro atoms. The molecule has 21 heavy (non-hydrogen) atoms. The van der Waals surface area contributed by atoms with E-state index >= 15 is 0 Å². The fraction of sp³-hybridized carbons (Fsp3) is 0.429. The SMILES string of the molecule is CCC1CN(C(=O)c2c(Cl)cccc2[N+](=O)[O-])CCC1=O. The first-order valence-electron chi connectivity index (χ1n) is 6.70. The normalized spacial score (nSPS) is 18.7. The Kier molecular flexibility index (Phi) is 4.57. The number of piperidine rings is 1. The summed E-state index contributed by atoms with van der Waals surface area (Å²) in [7, 11) is 0. The number of nitro groups is 1. The van der Waals surface area contributed by atoms with Gasteiger partial charge in [-0.05, 0) is 12.5 Å². The number of nitrogens with zero attached hydrogens (tertiary/aromatic N) is 2. The summed E-state index contributed by atoms with van der Waals surface area (Å²) in [6.07, 6.45) is 0.926. The molecule has 1 fully saturated rings. The second-order valence-corrected chi connectivity index (χ2v) is 5.37. The number of carbonyl (C=O) groups excluding carboxylic acids is 2. The van der Waals surface area contributed by atoms with E-state index in [0.717, 1.165) is 0 Å². The highest BCUT2D eigenvalue weighted by Gasteiger charge is 2.33. The predicted molar refractivity (Wildman–Crippen MR) is 77.4 cm³/mol. The summed E-state index contributed by atoms with van der Waals surface area (Å²) in [5, 5.41) is 11.1. The molecule has 6 nitrogen and oxygen atoms in total. The summed E-state index contributed by atoms with van der Waals surface area (Å²) in [5.41, 5.74) is -0.411. The van der Waals surface area contributed by atoms with E-state index in [1.807, 2.05) is 6.92 Å². The van der Waals surface area contributed by atoms with Crippen molar-refractivity contribution in [2.45, 2.75) is 19.8 Å². The molecule has 2 rings (SSSR count). The van der Waals surface area contributed by atoms with Crippen molar-refractivity contribution in [2.24, 2.45) is 5.92 Å². The van der Waals surface area contributed by atoms with Gasteiger partial charge in [-0.1, -0.05) is 24.6 Å². The van der Waals surface area contributed by atoms with Crippen molar-refractivity contribution in [2.75, 3.05) is 13.1 Å². The summed E-state index contributed by atoms with van der Waals surface area (Å²) < 4.78 is 0. The lowest BCUT2D eigenvalue weighted by molar-refractivity contribution is -0.385. The second-order valence-electron chi connectivity index (χ2n) is 4.96. The van der Waals surface area contributed by atoms with Crippen LogP contribution in [0.15, 0.2) is 18.2 Å². The molecule has 0 saturated carbocycles. The first-order chi connectivity index (χ1) is 9.95. The number of carbonyl (C=O) groups is 2. The highest BCUT2D eigenvalue weighted by Crippen LogP contribution is 2.29. The molecule has 1 unspecified atom stereocenters. The predicted octanol–water partition coefficient (Wildman–Crippen LogP) is 2.69. The molecule has 1 atom stereocenters. The van der Waals surface area contributed by atoms with Crippen molar-refractivity contribution >= 4 is 29.0 Å². The molecule has 1 aliphatic heterocycles. The molecule has 7 heteroatoms. The summed E-state index contributed by atoms with van der Waals surface area (Å²) in [5.74, 6) is -0.558. The highest BCUT2D eigenvalue weighted by molar-refractivity contribution is 6.34. The van der Waals surface area contributed by atoms with Crippen molar-refractivity contribution in [3.63, 3.8) is 0 Å². The van der Waals surface area contributed by atoms with Crippen LogP contribution in [0.2, 0.25) is 5.02 Å². The van der Waals surface area contributed by atoms with Gasteiger partial charge in [0.1, 0.15) is 11.3 Å². The monoisotopic (exact) mass is 310 g/mol. The molecule has 1 heterocycles. The quantitative estimate of drug-likeness (QED) is 0.635. The zero-order valence-electron chi connectivity index (χ0n) is 11.5. The van der Waals surface area contributed by atoms with E-state index in [2.05, 4.69) is 0 Å². The van der Waals surface area contributed by atoms with E-state index in [0.29, 0.717) is 6.42 Å². The second kappa shape index (κ2) is 6.22. The van der Waals surface area contributed by atoms with E-state index in [4.69, 9.17) is 11.6 Å². The van der Waals surface area contributed by atoms with Gasteiger partial charge in [0.05, 0.1) is 9.95 Å². The number of hydrogen-bond donors (Lipinski definition) is 0. The number of ketones is 1. The minimum atomic E-state index is -0.620. The van der Waals surface area contributed by atoms with Crippen molar-refractivity contribution in [1.82, 2.24) is 4.90 Å². The van der Waals surface area contributed by atoms with Crippen molar-refractivity contribution in [3.05, 3.63) is 38.9 Å². The maximum Gasteiger partial charge on any atom is 0.283 e. The Labute approximate surface area is 126 Å². The van der Waals surface area contributed by atoms with Gasteiger partial charge in [-0.3, -0.25) is 19.7 Å². The average Bonchev–Trinajstić information content (AvgIpc) is 2.46. The minimum absolute atomic E-state index is 0.0548. The van der Waals surface area contributed by atoms with Gasteiger partial charge in [0.2, 0.25) is 0 Å². The lowest BCUT2D eigenvalue weighted by Gasteiger charge is -2.31. The first-order valence-corrected chi connectivity index (χ1v) is 7.08. The lowest BCUT2D eigenvalue weighted by atomic mass is 9.93. The van der Waals surface area contributed by atoms with Crippen LogP contribution in [-0.2, 0) is 4.79 Å². The number of likely N-dealkylation sites (tertiary alicyclic amines) is 1. The van der Waals surface area contributed by atoms with Crippen LogP contribution < -0.4 is 0 Å². The van der Waals surface area contributed by atoms with Crippen molar-refractivity contribution in [3.8, 4) is 0 Å². The fourth-order valence-electron chi connectivity index (χ4n) is 2.48. The molecule has 1 amide bonds. The molecule has 0 N–H and O–H groups in total. The van der Waals surface area contributed by atoms with Crippen LogP contribution >= 0.6 is 11.6 Å². The van der Waals surface area contributed by atoms with E-state index < -0.39 is 10.8 Å². The Morgan fingerprint density at radius 1 is 1.52 bits per heavy atom. The van der Waals surface area contributed by atoms with Crippen LogP contribution in [-0.4, -0.2) is 34.6 Å². The Bertz CT molecular complexity index is 603. The maximum absolute atomic E-state index is 12.5. The number of rotatable bonds is 3. The van der Waals surface area contributed by atoms with Gasteiger partial charge in [-0.15, -0.1) is 0 Å². The van der Waals surface area contributed by atoms with Gasteiger partial charge in [-0.2, -0.15) is 0 Å². The zero-order chi connectivity index (χ0) is 15.6. The van der Waals surface area contributed by atoms with E-state index in [1.165, 1.54) is 23.1 Å². The number of benzene rings is 1. The minimum Gasteiger partial charge on any atom is -0.337 e. The lowest BCUT2D eigenvalue weighted by Crippen LogP contribution is -2.44. The van der Waals surface area contributed by atoms with Gasteiger partial charge in [0.15, 0.2) is 0 Å². The average molecular weight is 311 g/mol. The van der Waals surface area contributed by atoms with E-state index in [-0.39, 0.29) is 47.5 Å². The molecule has 1 aromatic carbocycles. The molecular formula is C14H15ClN2O4. The molecule has 1 aromatic rings. The zero-order valence-corrected chi connectivity index (χ0v) is 12.3. The molecule has 0 aliphatic carbocycles. The van der Waals surface area contributed by atoms with Crippen LogP contribution in [0.3, 0.4) is 0 Å². The van der Waals surface area contributed by atoms with E-state index in [1.54, 1.807) is 0 Å². The summed E-state index contributed by atoms with van der Waals surface area (Å²) >= 11 is 5.97. The Balaban J connectivity index is 2.33. The van der Waals surface area contributed by atoms with Crippen molar-refractivity contribution in [1.29, 1.82) is 0 Å². The largest absolute Gasteiger partial charge is 0.337 e. The van der Waals surface area contributed by atoms with Crippen molar-refractivity contribution < 1.29 is 14.5 Å². The summed E-state index contributed by atoms with van der Waals surface area (Å²) in [4.78, 5) is 36.2. The third kappa shape index (κ3) is 3.05. The number of amides is 1. The van der Waals surface area contributed by atoms with Crippen LogP contribution in [0.5, 0.6) is 0 Å². The number of Topliss-reactive ketones (excluding diaryl/α,β-unsaturated/α-hetero) is 1. The maximum atomic E-state index is 12.5. The third-order valence-electron chi connectivity index (χ3n) is 3.71. The summed E-state index contributed by atoms with van der Waals surface area (Å²) in [6.45, 7) is 2.45. The topological polar surface area (TPSA) is 80.5 Å². The Morgan fingerprint density at radius 3 is 2.86 bits per heavy atom. The van der Waals surface area contributed by atoms with Crippen LogP contribution in [0.25, 0.3) is 0 Å². The van der Waals surface area contributed by atoms with Crippen LogP contribution in [0.1, 0.15) is 30.1 Å². The first kappa shape index (κ1) is 15.4. The standard InChI is InChI=1S/C14H15ClN2O4/c1-2-9-8-16(7-6-12(9)18)14(19)13-10(15)4-3-5-11(13)17(20)21/h3-5,9H,2,6-8H2,1H3. The number of nitro benzene ring substituents is 1. The Morgan fingerprint density at radius 2 is 2.24 bits per heavy atom. The van der Waals surface area contributed by atoms with Gasteiger partial charge in [0.25, 0.3) is 11.6 Å². The smallest absolute Gasteiger partial charge is 0.283 e. The molecule has 1 aliphatic rings. The number of hydrogen-bond acceptors (Lipinski definition) is 4. The summed E-state index contributed by atoms with van der Waals surface area (Å²) in [6, 6.07) is 4.14. The fourth-order valence-corrected chi connectivity index (χ4v) is 2.73. The van der Waals surface area contributed by atoms with Gasteiger partial charge in [0, 0.05) is 31.5 Å². The molecule has 0 radical (unpaired) electrons. The highest BCUT2D eigenvalue weighted by atomic mass is 35.5. The molecule has 0 aromatic heterocycles. The van der Waals surface area contributed by atoms with E-state index in [9.17, 15) is 19.7 Å². The Hall–Kier alpha value is -1.95. The third-order valence-corrected chi connectivity index (χ3v) is 4.02. The van der Waals surface area contributed by atoms with Crippen LogP contribution in [0, 0.1) is 16.0 Å². The van der Waals surface area contributed by atoms with Gasteiger partial charge >= 0.3 is 0 Å². The van der Waals surface area contributed by atoms with Crippen LogP contribution in [0.4, 0.5) is 5.69 Å². The molecular weight excluding hydrogens is 296 g/mol. The molecule has 1 saturated heterocycles.